The minimum atomic E-state index is -0.661. The first kappa shape index (κ1) is 19.0. The minimum Gasteiger partial charge on any atom is -0.485 e. The number of carboxylic acid groups (broad SMARTS) is 1. The van der Waals surface area contributed by atoms with Gasteiger partial charge in [0.1, 0.15) is 11.4 Å². The molecule has 2 unspecified atom stereocenters. The van der Waals surface area contributed by atoms with Crippen molar-refractivity contribution < 1.29 is 14.6 Å². The maximum absolute atomic E-state index is 11.3. The number of aliphatic carboxylic acids is 1. The molecule has 2 heterocycles. The fourth-order valence-electron chi connectivity index (χ4n) is 4.90. The van der Waals surface area contributed by atoms with Crippen LogP contribution in [-0.2, 0) is 11.2 Å². The second-order valence-electron chi connectivity index (χ2n) is 8.26. The number of benzene rings is 1. The van der Waals surface area contributed by atoms with Crippen molar-refractivity contribution >= 4 is 11.7 Å². The summed E-state index contributed by atoms with van der Waals surface area (Å²) in [6.45, 7) is 12.3. The molecule has 0 aromatic heterocycles. The smallest absolute Gasteiger partial charge is 0.306 e. The Morgan fingerprint density at radius 2 is 1.88 bits per heavy atom. The largest absolute Gasteiger partial charge is 0.485 e. The molecule has 5 nitrogen and oxygen atoms in total. The van der Waals surface area contributed by atoms with E-state index >= 15 is 0 Å². The number of likely N-dealkylation sites (tertiary alicyclic amines) is 1. The summed E-state index contributed by atoms with van der Waals surface area (Å²) < 4.78 is 6.61. The first-order valence-corrected chi connectivity index (χ1v) is 9.73. The molecule has 2 atom stereocenters. The SMILES string of the molecule is CCC(N1CCC(C(=O)O)CC1)C1(C)Cc2c(C)c(N)c(C)c(C)c2O1. The van der Waals surface area contributed by atoms with Crippen LogP contribution in [0.5, 0.6) is 5.75 Å². The highest BCUT2D eigenvalue weighted by Gasteiger charge is 2.46. The molecule has 0 radical (unpaired) electrons. The number of carboxylic acids is 1. The van der Waals surface area contributed by atoms with Crippen LogP contribution in [0.4, 0.5) is 5.69 Å². The fourth-order valence-corrected chi connectivity index (χ4v) is 4.90. The minimum absolute atomic E-state index is 0.204. The van der Waals surface area contributed by atoms with Gasteiger partial charge in [-0.25, -0.2) is 0 Å². The molecule has 3 rings (SSSR count). The average Bonchev–Trinajstić information content (AvgIpc) is 2.98. The molecule has 1 aromatic carbocycles. The summed E-state index contributed by atoms with van der Waals surface area (Å²) in [4.78, 5) is 13.7. The van der Waals surface area contributed by atoms with E-state index in [1.54, 1.807) is 0 Å². The van der Waals surface area contributed by atoms with Crippen molar-refractivity contribution in [1.82, 2.24) is 4.90 Å². The molecular formula is C21H32N2O3. The number of ether oxygens (including phenoxy) is 1. The van der Waals surface area contributed by atoms with E-state index in [1.807, 2.05) is 0 Å². The van der Waals surface area contributed by atoms with Gasteiger partial charge in [0.2, 0.25) is 0 Å². The second-order valence-corrected chi connectivity index (χ2v) is 8.26. The normalized spacial score (nSPS) is 25.0. The van der Waals surface area contributed by atoms with Crippen molar-refractivity contribution in [3.63, 3.8) is 0 Å². The number of hydrogen-bond acceptors (Lipinski definition) is 4. The predicted octanol–water partition coefficient (Wildman–Crippen LogP) is 3.46. The summed E-state index contributed by atoms with van der Waals surface area (Å²) in [5.74, 6) is 0.145. The van der Waals surface area contributed by atoms with E-state index in [2.05, 4.69) is 39.5 Å². The van der Waals surface area contributed by atoms with Gasteiger partial charge in [-0.2, -0.15) is 0 Å². The van der Waals surface area contributed by atoms with E-state index in [-0.39, 0.29) is 17.6 Å². The van der Waals surface area contributed by atoms with Crippen LogP contribution in [0.25, 0.3) is 0 Å². The van der Waals surface area contributed by atoms with Crippen molar-refractivity contribution in [1.29, 1.82) is 0 Å². The van der Waals surface area contributed by atoms with Gasteiger partial charge in [-0.1, -0.05) is 6.92 Å². The van der Waals surface area contributed by atoms with E-state index in [4.69, 9.17) is 10.5 Å². The van der Waals surface area contributed by atoms with Gasteiger partial charge in [-0.15, -0.1) is 0 Å². The number of rotatable bonds is 4. The summed E-state index contributed by atoms with van der Waals surface area (Å²) in [5, 5.41) is 9.26. The van der Waals surface area contributed by atoms with E-state index in [1.165, 1.54) is 5.56 Å². The van der Waals surface area contributed by atoms with Gasteiger partial charge in [-0.3, -0.25) is 9.69 Å². The fraction of sp³-hybridized carbons (Fsp3) is 0.667. The number of hydrogen-bond donors (Lipinski definition) is 2. The van der Waals surface area contributed by atoms with Gasteiger partial charge in [0.05, 0.1) is 5.92 Å². The number of nitrogen functional groups attached to an aromatic ring is 1. The molecular weight excluding hydrogens is 328 g/mol. The van der Waals surface area contributed by atoms with Crippen LogP contribution in [-0.4, -0.2) is 40.7 Å². The number of fused-ring (bicyclic) bond motifs is 1. The van der Waals surface area contributed by atoms with Crippen molar-refractivity contribution in [2.45, 2.75) is 71.9 Å². The van der Waals surface area contributed by atoms with Gasteiger partial charge in [-0.05, 0) is 76.7 Å². The number of nitrogens with zero attached hydrogens (tertiary/aromatic N) is 1. The van der Waals surface area contributed by atoms with Crippen LogP contribution >= 0.6 is 0 Å². The lowest BCUT2D eigenvalue weighted by atomic mass is 9.84. The highest BCUT2D eigenvalue weighted by atomic mass is 16.5. The summed E-state index contributed by atoms with van der Waals surface area (Å²) in [6.07, 6.45) is 3.28. The Hall–Kier alpha value is -1.75. The number of piperidine rings is 1. The lowest BCUT2D eigenvalue weighted by Crippen LogP contribution is -2.56. The van der Waals surface area contributed by atoms with E-state index < -0.39 is 5.97 Å². The highest BCUT2D eigenvalue weighted by Crippen LogP contribution is 2.46. The van der Waals surface area contributed by atoms with Crippen molar-refractivity contribution in [3.8, 4) is 5.75 Å². The molecule has 0 saturated carbocycles. The van der Waals surface area contributed by atoms with Crippen LogP contribution < -0.4 is 10.5 Å². The molecule has 1 saturated heterocycles. The lowest BCUT2D eigenvalue weighted by molar-refractivity contribution is -0.143. The zero-order valence-electron chi connectivity index (χ0n) is 16.7. The molecule has 2 aliphatic rings. The van der Waals surface area contributed by atoms with E-state index in [9.17, 15) is 9.90 Å². The average molecular weight is 360 g/mol. The van der Waals surface area contributed by atoms with Crippen LogP contribution in [0.3, 0.4) is 0 Å². The Morgan fingerprint density at radius 3 is 2.42 bits per heavy atom. The molecule has 144 valence electrons. The summed E-state index contributed by atoms with van der Waals surface area (Å²) in [6, 6.07) is 0.268. The topological polar surface area (TPSA) is 75.8 Å². The maximum Gasteiger partial charge on any atom is 0.306 e. The Labute approximate surface area is 156 Å². The lowest BCUT2D eigenvalue weighted by Gasteiger charge is -2.43. The van der Waals surface area contributed by atoms with Crippen LogP contribution in [0.15, 0.2) is 0 Å². The zero-order valence-corrected chi connectivity index (χ0v) is 16.7. The molecule has 1 fully saturated rings. The summed E-state index contributed by atoms with van der Waals surface area (Å²) in [5.41, 5.74) is 11.5. The molecule has 3 N–H and O–H groups in total. The van der Waals surface area contributed by atoms with E-state index in [0.29, 0.717) is 0 Å². The Morgan fingerprint density at radius 1 is 1.27 bits per heavy atom. The molecule has 0 amide bonds. The predicted molar refractivity (Wildman–Crippen MR) is 104 cm³/mol. The standard InChI is InChI=1S/C21H32N2O3/c1-6-17(23-9-7-15(8-10-23)20(24)25)21(5)11-16-14(4)18(22)12(2)13(3)19(16)26-21/h15,17H,6-11,22H2,1-5H3,(H,24,25). The molecule has 5 heteroatoms. The van der Waals surface area contributed by atoms with E-state index in [0.717, 1.165) is 66.9 Å². The van der Waals surface area contributed by atoms with Gasteiger partial charge < -0.3 is 15.6 Å². The quantitative estimate of drug-likeness (QED) is 0.804. The van der Waals surface area contributed by atoms with Gasteiger partial charge >= 0.3 is 5.97 Å². The van der Waals surface area contributed by atoms with Crippen LogP contribution in [0.2, 0.25) is 0 Å². The number of nitrogens with two attached hydrogens (primary N) is 1. The zero-order chi connectivity index (χ0) is 19.2. The Kier molecular flexibility index (Phi) is 4.95. The molecule has 0 bridgehead atoms. The third-order valence-corrected chi connectivity index (χ3v) is 6.71. The molecule has 2 aliphatic heterocycles. The Bertz CT molecular complexity index is 684. The van der Waals surface area contributed by atoms with Crippen LogP contribution in [0, 0.1) is 26.7 Å². The number of carbonyl (C=O) groups is 1. The summed E-state index contributed by atoms with van der Waals surface area (Å²) in [7, 11) is 0. The molecule has 1 aromatic rings. The molecule has 0 spiro atoms. The molecule has 0 aliphatic carbocycles. The highest BCUT2D eigenvalue weighted by molar-refractivity contribution is 5.70. The van der Waals surface area contributed by atoms with Gasteiger partial charge in [0, 0.05) is 23.7 Å². The second kappa shape index (κ2) is 6.76. The maximum atomic E-state index is 11.3. The van der Waals surface area contributed by atoms with Crippen molar-refractivity contribution in [3.05, 3.63) is 22.3 Å². The monoisotopic (exact) mass is 360 g/mol. The summed E-state index contributed by atoms with van der Waals surface area (Å²) >= 11 is 0. The third kappa shape index (κ3) is 2.96. The first-order chi connectivity index (χ1) is 12.2. The van der Waals surface area contributed by atoms with Gasteiger partial charge in [0.25, 0.3) is 0 Å². The van der Waals surface area contributed by atoms with Crippen LogP contribution in [0.1, 0.15) is 55.4 Å². The van der Waals surface area contributed by atoms with Crippen molar-refractivity contribution in [2.75, 3.05) is 18.8 Å². The molecule has 26 heavy (non-hydrogen) atoms. The van der Waals surface area contributed by atoms with Gasteiger partial charge in [0.15, 0.2) is 0 Å². The Balaban J connectivity index is 1.85. The number of anilines is 1. The van der Waals surface area contributed by atoms with Crippen molar-refractivity contribution in [2.24, 2.45) is 5.92 Å². The third-order valence-electron chi connectivity index (χ3n) is 6.71. The first-order valence-electron chi connectivity index (χ1n) is 9.73.